The van der Waals surface area contributed by atoms with Gasteiger partial charge in [0.25, 0.3) is 0 Å². The molecule has 2 N–H and O–H groups in total. The Morgan fingerprint density at radius 2 is 2.29 bits per heavy atom. The number of rotatable bonds is 9. The quantitative estimate of drug-likeness (QED) is 0.286. The highest BCUT2D eigenvalue weighted by Crippen LogP contribution is 2.28. The van der Waals surface area contributed by atoms with Gasteiger partial charge in [-0.3, -0.25) is 0 Å². The molecule has 0 radical (unpaired) electrons. The highest BCUT2D eigenvalue weighted by Gasteiger charge is 2.20. The fourth-order valence-electron chi connectivity index (χ4n) is 1.82. The molecule has 1 aromatic heterocycles. The zero-order valence-corrected chi connectivity index (χ0v) is 15.0. The number of hydrogen-bond donors (Lipinski definition) is 2. The molecule has 0 aromatic carbocycles. The van der Waals surface area contributed by atoms with Crippen LogP contribution in [-0.4, -0.2) is 32.3 Å². The molecule has 6 heteroatoms. The summed E-state index contributed by atoms with van der Waals surface area (Å²) in [6.07, 6.45) is 5.37. The van der Waals surface area contributed by atoms with E-state index >= 15 is 0 Å². The van der Waals surface area contributed by atoms with Crippen LogP contribution in [0.15, 0.2) is 27.8 Å². The van der Waals surface area contributed by atoms with Crippen molar-refractivity contribution in [3.05, 3.63) is 24.2 Å². The summed E-state index contributed by atoms with van der Waals surface area (Å²) in [6, 6.07) is 3.81. The lowest BCUT2D eigenvalue weighted by molar-refractivity contribution is 0.123. The van der Waals surface area contributed by atoms with Crippen molar-refractivity contribution in [2.24, 2.45) is 10.9 Å². The Hall–Kier alpha value is -0.760. The number of ether oxygens (including phenoxy) is 1. The van der Waals surface area contributed by atoms with E-state index in [9.17, 15) is 0 Å². The van der Waals surface area contributed by atoms with E-state index in [-0.39, 0.29) is 24.0 Å². The van der Waals surface area contributed by atoms with E-state index in [1.165, 1.54) is 12.8 Å². The summed E-state index contributed by atoms with van der Waals surface area (Å²) in [5.74, 6) is 2.54. The summed E-state index contributed by atoms with van der Waals surface area (Å²) in [7, 11) is 0. The standard InChI is InChI=1S/C15H25N3O2.HI/c1-2-16-15(18-11-14-5-3-10-20-14)17-8-4-9-19-12-13-6-7-13;/h3,5,10,13H,2,4,6-9,11-12H2,1H3,(H2,16,17,18);1H. The molecule has 21 heavy (non-hydrogen) atoms. The molecule has 0 bridgehead atoms. The van der Waals surface area contributed by atoms with Crippen LogP contribution >= 0.6 is 24.0 Å². The molecule has 0 saturated heterocycles. The molecule has 120 valence electrons. The van der Waals surface area contributed by atoms with E-state index < -0.39 is 0 Å². The number of halogens is 1. The molecule has 0 unspecified atom stereocenters. The van der Waals surface area contributed by atoms with Crippen molar-refractivity contribution in [1.82, 2.24) is 10.6 Å². The largest absolute Gasteiger partial charge is 0.467 e. The van der Waals surface area contributed by atoms with E-state index in [1.54, 1.807) is 6.26 Å². The minimum atomic E-state index is 0. The number of furan rings is 1. The van der Waals surface area contributed by atoms with Crippen LogP contribution in [0.1, 0.15) is 31.9 Å². The first kappa shape index (κ1) is 18.3. The van der Waals surface area contributed by atoms with Crippen molar-refractivity contribution in [1.29, 1.82) is 0 Å². The van der Waals surface area contributed by atoms with Gasteiger partial charge in [0.05, 0.1) is 6.26 Å². The third kappa shape index (κ3) is 8.31. The Morgan fingerprint density at radius 1 is 1.43 bits per heavy atom. The lowest BCUT2D eigenvalue weighted by Crippen LogP contribution is -2.38. The van der Waals surface area contributed by atoms with Crippen LogP contribution < -0.4 is 10.6 Å². The first-order chi connectivity index (χ1) is 9.88. The van der Waals surface area contributed by atoms with Gasteiger partial charge in [-0.2, -0.15) is 0 Å². The Labute approximate surface area is 143 Å². The number of hydrogen-bond acceptors (Lipinski definition) is 3. The first-order valence-corrected chi connectivity index (χ1v) is 7.50. The highest BCUT2D eigenvalue weighted by molar-refractivity contribution is 14.0. The maximum absolute atomic E-state index is 5.60. The van der Waals surface area contributed by atoms with Crippen LogP contribution in [-0.2, 0) is 11.3 Å². The first-order valence-electron chi connectivity index (χ1n) is 7.50. The fraction of sp³-hybridized carbons (Fsp3) is 0.667. The molecule has 1 aliphatic rings. The molecule has 1 saturated carbocycles. The highest BCUT2D eigenvalue weighted by atomic mass is 127. The summed E-state index contributed by atoms with van der Waals surface area (Å²) in [5.41, 5.74) is 0. The van der Waals surface area contributed by atoms with Gasteiger partial charge in [-0.05, 0) is 44.2 Å². The second-order valence-corrected chi connectivity index (χ2v) is 5.07. The van der Waals surface area contributed by atoms with E-state index in [0.717, 1.165) is 50.4 Å². The second kappa shape index (κ2) is 10.9. The van der Waals surface area contributed by atoms with Gasteiger partial charge in [-0.15, -0.1) is 24.0 Å². The van der Waals surface area contributed by atoms with Crippen molar-refractivity contribution in [2.75, 3.05) is 26.3 Å². The van der Waals surface area contributed by atoms with Crippen LogP contribution in [0.5, 0.6) is 0 Å². The third-order valence-electron chi connectivity index (χ3n) is 3.13. The normalized spacial score (nSPS) is 14.6. The van der Waals surface area contributed by atoms with Crippen molar-refractivity contribution >= 4 is 29.9 Å². The third-order valence-corrected chi connectivity index (χ3v) is 3.13. The zero-order chi connectivity index (χ0) is 14.0. The Kier molecular flexibility index (Phi) is 9.49. The van der Waals surface area contributed by atoms with Crippen LogP contribution in [0.25, 0.3) is 0 Å². The predicted octanol–water partition coefficient (Wildman–Crippen LogP) is 2.77. The summed E-state index contributed by atoms with van der Waals surface area (Å²) in [6.45, 7) is 6.09. The SMILES string of the molecule is CCNC(=NCc1ccco1)NCCCOCC1CC1.I. The Balaban J connectivity index is 0.00000220. The van der Waals surface area contributed by atoms with Crippen molar-refractivity contribution in [3.63, 3.8) is 0 Å². The summed E-state index contributed by atoms with van der Waals surface area (Å²) >= 11 is 0. The summed E-state index contributed by atoms with van der Waals surface area (Å²) < 4.78 is 10.9. The van der Waals surface area contributed by atoms with Crippen LogP contribution in [0, 0.1) is 5.92 Å². The summed E-state index contributed by atoms with van der Waals surface area (Å²) in [4.78, 5) is 4.47. The smallest absolute Gasteiger partial charge is 0.191 e. The minimum Gasteiger partial charge on any atom is -0.467 e. The van der Waals surface area contributed by atoms with Crippen LogP contribution in [0.3, 0.4) is 0 Å². The maximum atomic E-state index is 5.60. The fourth-order valence-corrected chi connectivity index (χ4v) is 1.82. The average Bonchev–Trinajstić information content (AvgIpc) is 3.13. The number of nitrogens with zero attached hydrogens (tertiary/aromatic N) is 1. The van der Waals surface area contributed by atoms with Crippen molar-refractivity contribution in [3.8, 4) is 0 Å². The van der Waals surface area contributed by atoms with Gasteiger partial charge in [-0.1, -0.05) is 0 Å². The van der Waals surface area contributed by atoms with Crippen molar-refractivity contribution in [2.45, 2.75) is 32.7 Å². The molecule has 0 spiro atoms. The monoisotopic (exact) mass is 407 g/mol. The second-order valence-electron chi connectivity index (χ2n) is 5.07. The molecular weight excluding hydrogens is 381 g/mol. The Bertz CT molecular complexity index is 392. The summed E-state index contributed by atoms with van der Waals surface area (Å²) in [5, 5.41) is 6.52. The molecule has 2 rings (SSSR count). The van der Waals surface area contributed by atoms with E-state index in [2.05, 4.69) is 22.5 Å². The van der Waals surface area contributed by atoms with Crippen LogP contribution in [0.4, 0.5) is 0 Å². The lowest BCUT2D eigenvalue weighted by atomic mass is 10.4. The van der Waals surface area contributed by atoms with Gasteiger partial charge < -0.3 is 19.8 Å². The molecule has 0 aliphatic heterocycles. The lowest BCUT2D eigenvalue weighted by Gasteiger charge is -2.11. The van der Waals surface area contributed by atoms with Gasteiger partial charge >= 0.3 is 0 Å². The average molecular weight is 407 g/mol. The molecule has 5 nitrogen and oxygen atoms in total. The van der Waals surface area contributed by atoms with Gasteiger partial charge in [0.15, 0.2) is 5.96 Å². The molecule has 1 aromatic rings. The molecule has 1 aliphatic carbocycles. The topological polar surface area (TPSA) is 58.8 Å². The molecule has 1 heterocycles. The van der Waals surface area contributed by atoms with Crippen molar-refractivity contribution < 1.29 is 9.15 Å². The van der Waals surface area contributed by atoms with E-state index in [1.807, 2.05) is 12.1 Å². The van der Waals surface area contributed by atoms with Crippen LogP contribution in [0.2, 0.25) is 0 Å². The predicted molar refractivity (Wildman–Crippen MR) is 95.1 cm³/mol. The maximum Gasteiger partial charge on any atom is 0.191 e. The number of nitrogens with one attached hydrogen (secondary N) is 2. The van der Waals surface area contributed by atoms with Gasteiger partial charge in [0.1, 0.15) is 12.3 Å². The van der Waals surface area contributed by atoms with Gasteiger partial charge in [-0.25, -0.2) is 4.99 Å². The molecular formula is C15H26IN3O2. The minimum absolute atomic E-state index is 0. The number of aliphatic imine (C=N–C) groups is 1. The number of guanidine groups is 1. The zero-order valence-electron chi connectivity index (χ0n) is 12.6. The van der Waals surface area contributed by atoms with Gasteiger partial charge in [0, 0.05) is 26.3 Å². The molecule has 1 fully saturated rings. The van der Waals surface area contributed by atoms with E-state index in [4.69, 9.17) is 9.15 Å². The molecule has 0 amide bonds. The van der Waals surface area contributed by atoms with Gasteiger partial charge in [0.2, 0.25) is 0 Å². The van der Waals surface area contributed by atoms with E-state index in [0.29, 0.717) is 6.54 Å². The molecule has 0 atom stereocenters. The Morgan fingerprint density at radius 3 is 2.95 bits per heavy atom.